The summed E-state index contributed by atoms with van der Waals surface area (Å²) >= 11 is 0. The summed E-state index contributed by atoms with van der Waals surface area (Å²) < 4.78 is 7.98. The number of ether oxygens (including phenoxy) is 1. The lowest BCUT2D eigenvalue weighted by atomic mass is 9.92. The van der Waals surface area contributed by atoms with Crippen molar-refractivity contribution >= 4 is 5.91 Å². The summed E-state index contributed by atoms with van der Waals surface area (Å²) in [6.45, 7) is 6.58. The smallest absolute Gasteiger partial charge is 0.226 e. The second-order valence-corrected chi connectivity index (χ2v) is 7.53. The maximum atomic E-state index is 13.1. The Labute approximate surface area is 170 Å². The van der Waals surface area contributed by atoms with Crippen molar-refractivity contribution in [3.05, 3.63) is 77.4 Å². The quantitative estimate of drug-likeness (QED) is 0.719. The first-order valence-corrected chi connectivity index (χ1v) is 9.99. The standard InChI is InChI=1S/C23H26N4O2/c1-15(18-9-12-24-13-10-18)25-23(28)20-11-14-29-22(20)21-16(2)26-27(17(21)3)19-7-5-4-6-8-19/h4-10,12-13,15,20,22H,11,14H2,1-3H3,(H,25,28)/t15?,20-,22-/m0/s1. The van der Waals surface area contributed by atoms with E-state index in [1.165, 1.54) is 0 Å². The fourth-order valence-electron chi connectivity index (χ4n) is 4.09. The zero-order valence-corrected chi connectivity index (χ0v) is 17.0. The van der Waals surface area contributed by atoms with Crippen LogP contribution in [0.1, 0.15) is 48.0 Å². The third-order valence-corrected chi connectivity index (χ3v) is 5.63. The van der Waals surface area contributed by atoms with Gasteiger partial charge in [-0.3, -0.25) is 9.78 Å². The van der Waals surface area contributed by atoms with Gasteiger partial charge in [-0.25, -0.2) is 4.68 Å². The summed E-state index contributed by atoms with van der Waals surface area (Å²) in [5, 5.41) is 7.87. The fourth-order valence-corrected chi connectivity index (χ4v) is 4.09. The molecule has 2 aromatic heterocycles. The van der Waals surface area contributed by atoms with E-state index < -0.39 is 0 Å². The summed E-state index contributed by atoms with van der Waals surface area (Å²) in [5.74, 6) is -0.215. The summed E-state index contributed by atoms with van der Waals surface area (Å²) in [5.41, 5.74) is 4.97. The van der Waals surface area contributed by atoms with Crippen molar-refractivity contribution in [2.75, 3.05) is 6.61 Å². The van der Waals surface area contributed by atoms with Crippen LogP contribution in [0.15, 0.2) is 54.9 Å². The van der Waals surface area contributed by atoms with Crippen molar-refractivity contribution in [3.8, 4) is 5.69 Å². The van der Waals surface area contributed by atoms with E-state index in [9.17, 15) is 4.79 Å². The molecule has 1 amide bonds. The lowest BCUT2D eigenvalue weighted by Crippen LogP contribution is -2.34. The second-order valence-electron chi connectivity index (χ2n) is 7.53. The molecule has 1 fully saturated rings. The molecule has 0 aliphatic carbocycles. The van der Waals surface area contributed by atoms with Crippen molar-refractivity contribution in [2.45, 2.75) is 39.3 Å². The van der Waals surface area contributed by atoms with Gasteiger partial charge in [-0.15, -0.1) is 0 Å². The zero-order chi connectivity index (χ0) is 20.4. The van der Waals surface area contributed by atoms with E-state index in [2.05, 4.69) is 10.3 Å². The molecule has 1 saturated heterocycles. The maximum absolute atomic E-state index is 13.1. The molecule has 0 spiro atoms. The number of nitrogens with one attached hydrogen (secondary N) is 1. The molecule has 1 N–H and O–H groups in total. The number of pyridine rings is 1. The highest BCUT2D eigenvalue weighted by molar-refractivity contribution is 5.80. The molecular formula is C23H26N4O2. The highest BCUT2D eigenvalue weighted by atomic mass is 16.5. The first-order chi connectivity index (χ1) is 14.1. The number of benzene rings is 1. The molecule has 3 atom stereocenters. The van der Waals surface area contributed by atoms with Crippen LogP contribution in [0.5, 0.6) is 0 Å². The van der Waals surface area contributed by atoms with Gasteiger partial charge in [-0.2, -0.15) is 5.10 Å². The summed E-state index contributed by atoms with van der Waals surface area (Å²) in [6.07, 6.45) is 3.90. The van der Waals surface area contributed by atoms with Crippen LogP contribution < -0.4 is 5.32 Å². The third kappa shape index (κ3) is 3.80. The van der Waals surface area contributed by atoms with Gasteiger partial charge < -0.3 is 10.1 Å². The van der Waals surface area contributed by atoms with Gasteiger partial charge in [0.2, 0.25) is 5.91 Å². The number of para-hydroxylation sites is 1. The van der Waals surface area contributed by atoms with Crippen LogP contribution in [0.4, 0.5) is 0 Å². The second kappa shape index (κ2) is 8.17. The predicted molar refractivity (Wildman–Crippen MR) is 111 cm³/mol. The number of hydrogen-bond acceptors (Lipinski definition) is 4. The van der Waals surface area contributed by atoms with Gasteiger partial charge in [0.1, 0.15) is 0 Å². The van der Waals surface area contributed by atoms with Crippen LogP contribution >= 0.6 is 0 Å². The van der Waals surface area contributed by atoms with Gasteiger partial charge in [0.05, 0.1) is 29.4 Å². The molecule has 0 bridgehead atoms. The minimum Gasteiger partial charge on any atom is -0.373 e. The molecule has 0 radical (unpaired) electrons. The minimum absolute atomic E-state index is 0.0167. The molecule has 29 heavy (non-hydrogen) atoms. The van der Waals surface area contributed by atoms with Crippen LogP contribution in [0.3, 0.4) is 0 Å². The topological polar surface area (TPSA) is 69.0 Å². The number of carbonyl (C=O) groups is 1. The Morgan fingerprint density at radius 3 is 2.62 bits per heavy atom. The van der Waals surface area contributed by atoms with Gasteiger partial charge in [0.25, 0.3) is 0 Å². The van der Waals surface area contributed by atoms with Crippen LogP contribution in [-0.2, 0) is 9.53 Å². The van der Waals surface area contributed by atoms with Crippen molar-refractivity contribution in [3.63, 3.8) is 0 Å². The fraction of sp³-hybridized carbons (Fsp3) is 0.348. The number of aromatic nitrogens is 3. The largest absolute Gasteiger partial charge is 0.373 e. The molecule has 1 aliphatic rings. The highest BCUT2D eigenvalue weighted by Crippen LogP contribution is 2.38. The Balaban J connectivity index is 1.57. The van der Waals surface area contributed by atoms with Gasteiger partial charge in [-0.1, -0.05) is 18.2 Å². The molecule has 0 saturated carbocycles. The molecule has 1 aromatic carbocycles. The lowest BCUT2D eigenvalue weighted by Gasteiger charge is -2.22. The average Bonchev–Trinajstić information content (AvgIpc) is 3.33. The Morgan fingerprint density at radius 1 is 1.17 bits per heavy atom. The van der Waals surface area contributed by atoms with Gasteiger partial charge in [0.15, 0.2) is 0 Å². The maximum Gasteiger partial charge on any atom is 0.226 e. The molecule has 150 valence electrons. The monoisotopic (exact) mass is 390 g/mol. The van der Waals surface area contributed by atoms with Crippen molar-refractivity contribution < 1.29 is 9.53 Å². The van der Waals surface area contributed by atoms with E-state index in [4.69, 9.17) is 9.84 Å². The van der Waals surface area contributed by atoms with Crippen LogP contribution in [-0.4, -0.2) is 27.3 Å². The van der Waals surface area contributed by atoms with Crippen molar-refractivity contribution in [1.82, 2.24) is 20.1 Å². The van der Waals surface area contributed by atoms with Gasteiger partial charge in [-0.05, 0) is 57.0 Å². The number of nitrogens with zero attached hydrogens (tertiary/aromatic N) is 3. The first-order valence-electron chi connectivity index (χ1n) is 9.99. The number of carbonyl (C=O) groups excluding carboxylic acids is 1. The Hall–Kier alpha value is -2.99. The number of aryl methyl sites for hydroxylation is 1. The van der Waals surface area contributed by atoms with Crippen LogP contribution in [0, 0.1) is 19.8 Å². The van der Waals surface area contributed by atoms with E-state index in [0.717, 1.165) is 28.2 Å². The van der Waals surface area contributed by atoms with Gasteiger partial charge in [0, 0.05) is 30.3 Å². The zero-order valence-electron chi connectivity index (χ0n) is 17.0. The normalized spacial score (nSPS) is 19.8. The van der Waals surface area contributed by atoms with E-state index in [1.54, 1.807) is 12.4 Å². The summed E-state index contributed by atoms with van der Waals surface area (Å²) in [7, 11) is 0. The Bertz CT molecular complexity index is 985. The SMILES string of the molecule is Cc1nn(-c2ccccc2)c(C)c1[C@H]1OCC[C@@H]1C(=O)NC(C)c1ccncc1. The molecule has 4 rings (SSSR count). The molecule has 1 unspecified atom stereocenters. The van der Waals surface area contributed by atoms with Crippen LogP contribution in [0.2, 0.25) is 0 Å². The van der Waals surface area contributed by atoms with Crippen molar-refractivity contribution in [2.24, 2.45) is 5.92 Å². The average molecular weight is 390 g/mol. The number of amides is 1. The molecule has 3 aromatic rings. The van der Waals surface area contributed by atoms with Crippen LogP contribution in [0.25, 0.3) is 5.69 Å². The van der Waals surface area contributed by atoms with E-state index in [1.807, 2.05) is 67.9 Å². The minimum atomic E-state index is -0.280. The molecule has 6 heteroatoms. The molecule has 1 aliphatic heterocycles. The van der Waals surface area contributed by atoms with Crippen molar-refractivity contribution in [1.29, 1.82) is 0 Å². The first kappa shape index (κ1) is 19.3. The number of rotatable bonds is 5. The van der Waals surface area contributed by atoms with E-state index in [0.29, 0.717) is 13.0 Å². The summed E-state index contributed by atoms with van der Waals surface area (Å²) in [6, 6.07) is 13.8. The molecule has 6 nitrogen and oxygen atoms in total. The highest BCUT2D eigenvalue weighted by Gasteiger charge is 2.38. The van der Waals surface area contributed by atoms with Gasteiger partial charge >= 0.3 is 0 Å². The molecular weight excluding hydrogens is 364 g/mol. The predicted octanol–water partition coefficient (Wildman–Crippen LogP) is 3.84. The lowest BCUT2D eigenvalue weighted by molar-refractivity contribution is -0.127. The van der Waals surface area contributed by atoms with E-state index in [-0.39, 0.29) is 24.0 Å². The third-order valence-electron chi connectivity index (χ3n) is 5.63. The summed E-state index contributed by atoms with van der Waals surface area (Å²) in [4.78, 5) is 17.1. The number of hydrogen-bond donors (Lipinski definition) is 1. The van der Waals surface area contributed by atoms with E-state index >= 15 is 0 Å². The Kier molecular flexibility index (Phi) is 5.45. The molecule has 3 heterocycles. The Morgan fingerprint density at radius 2 is 1.90 bits per heavy atom.